The molecule has 3 aromatic rings. The van der Waals surface area contributed by atoms with Gasteiger partial charge in [0.1, 0.15) is 0 Å². The van der Waals surface area contributed by atoms with Gasteiger partial charge >= 0.3 is 6.16 Å². The van der Waals surface area contributed by atoms with Gasteiger partial charge in [-0.1, -0.05) is 30.3 Å². The maximum absolute atomic E-state index is 13.4. The van der Waals surface area contributed by atoms with E-state index in [1.54, 1.807) is 31.1 Å². The molecule has 0 bridgehead atoms. The van der Waals surface area contributed by atoms with Gasteiger partial charge in [-0.25, -0.2) is 17.9 Å². The molecule has 1 aliphatic carbocycles. The van der Waals surface area contributed by atoms with Crippen molar-refractivity contribution in [3.05, 3.63) is 54.1 Å². The molecule has 1 amide bonds. The summed E-state index contributed by atoms with van der Waals surface area (Å²) in [6, 6.07) is 15.2. The summed E-state index contributed by atoms with van der Waals surface area (Å²) in [5, 5.41) is 0.958. The van der Waals surface area contributed by atoms with Crippen LogP contribution in [-0.4, -0.2) is 62.5 Å². The van der Waals surface area contributed by atoms with Crippen molar-refractivity contribution in [2.24, 2.45) is 13.0 Å². The van der Waals surface area contributed by atoms with E-state index in [1.807, 2.05) is 41.9 Å². The lowest BCUT2D eigenvalue weighted by Crippen LogP contribution is -2.49. The number of benzene rings is 2. The molecule has 1 atom stereocenters. The number of hydrogen-bond donors (Lipinski definition) is 1. The van der Waals surface area contributed by atoms with Crippen molar-refractivity contribution in [1.29, 1.82) is 0 Å². The first-order valence-electron chi connectivity index (χ1n) is 15.0. The van der Waals surface area contributed by atoms with E-state index in [-0.39, 0.29) is 29.4 Å². The number of likely N-dealkylation sites (tertiary alicyclic amines) is 1. The minimum atomic E-state index is -3.77. The molecule has 1 aliphatic heterocycles. The number of piperidine rings is 1. The van der Waals surface area contributed by atoms with Gasteiger partial charge in [-0.15, -0.1) is 0 Å². The number of aryl methyl sites for hydroxylation is 1. The smallest absolute Gasteiger partial charge is 0.435 e. The molecule has 0 radical (unpaired) electrons. The van der Waals surface area contributed by atoms with Crippen molar-refractivity contribution >= 4 is 33.0 Å². The molecule has 2 aliphatic rings. The lowest BCUT2D eigenvalue weighted by atomic mass is 9.85. The van der Waals surface area contributed by atoms with Crippen LogP contribution in [0.3, 0.4) is 0 Å². The third kappa shape index (κ3) is 7.05. The zero-order chi connectivity index (χ0) is 30.6. The van der Waals surface area contributed by atoms with Crippen molar-refractivity contribution in [3.8, 4) is 11.3 Å². The third-order valence-electron chi connectivity index (χ3n) is 8.51. The minimum absolute atomic E-state index is 0.0337. The summed E-state index contributed by atoms with van der Waals surface area (Å²) < 4.78 is 47.3. The Morgan fingerprint density at radius 1 is 0.977 bits per heavy atom. The number of carbonyl (C=O) groups is 2. The lowest BCUT2D eigenvalue weighted by molar-refractivity contribution is -0.152. The topological polar surface area (TPSA) is 116 Å². The van der Waals surface area contributed by atoms with Crippen LogP contribution in [0, 0.1) is 5.92 Å². The Hall–Kier alpha value is -3.41. The SMILES string of the molecule is CCOC(=O)OC1CCCCN1C(=O)C1CCC(NS(=O)(=O)c2ccc3cc(-c4ccc(COC)cc4)n(C)c3c2)CC1. The lowest BCUT2D eigenvalue weighted by Gasteiger charge is -2.38. The number of amides is 1. The summed E-state index contributed by atoms with van der Waals surface area (Å²) in [7, 11) is -0.159. The molecule has 1 saturated heterocycles. The number of fused-ring (bicyclic) bond motifs is 1. The maximum Gasteiger partial charge on any atom is 0.510 e. The van der Waals surface area contributed by atoms with Gasteiger partial charge in [0.15, 0.2) is 6.23 Å². The highest BCUT2D eigenvalue weighted by molar-refractivity contribution is 7.89. The van der Waals surface area contributed by atoms with Crippen molar-refractivity contribution in [3.63, 3.8) is 0 Å². The quantitative estimate of drug-likeness (QED) is 0.325. The molecule has 0 spiro atoms. The van der Waals surface area contributed by atoms with Crippen LogP contribution in [0.4, 0.5) is 4.79 Å². The first-order valence-corrected chi connectivity index (χ1v) is 16.5. The van der Waals surface area contributed by atoms with Gasteiger partial charge in [0.25, 0.3) is 0 Å². The van der Waals surface area contributed by atoms with Gasteiger partial charge in [-0.2, -0.15) is 0 Å². The van der Waals surface area contributed by atoms with Crippen LogP contribution in [0.15, 0.2) is 53.4 Å². The summed E-state index contributed by atoms with van der Waals surface area (Å²) in [5.74, 6) is -0.262. The van der Waals surface area contributed by atoms with Crippen LogP contribution < -0.4 is 4.72 Å². The largest absolute Gasteiger partial charge is 0.510 e. The van der Waals surface area contributed by atoms with Crippen molar-refractivity contribution in [2.75, 3.05) is 20.3 Å². The fraction of sp³-hybridized carbons (Fsp3) is 0.500. The molecule has 1 saturated carbocycles. The standard InChI is InChI=1S/C32H41N3O7S/c1-4-41-32(37)42-30-7-5-6-18-35(30)31(36)24-12-15-26(16-13-24)33-43(38,39)27-17-14-25-19-28(34(2)29(25)20-27)23-10-8-22(9-11-23)21-40-3/h8-11,14,17,19-20,24,26,30,33H,4-7,12-13,15-16,18,21H2,1-3H3. The first kappa shape index (κ1) is 31.0. The maximum atomic E-state index is 13.4. The zero-order valence-corrected chi connectivity index (χ0v) is 25.9. The molecular formula is C32H41N3O7S. The molecule has 1 aromatic heterocycles. The Morgan fingerprint density at radius 2 is 1.72 bits per heavy atom. The summed E-state index contributed by atoms with van der Waals surface area (Å²) >= 11 is 0. The molecule has 10 nitrogen and oxygen atoms in total. The Morgan fingerprint density at radius 3 is 2.42 bits per heavy atom. The normalized spacial score (nSPS) is 21.1. The van der Waals surface area contributed by atoms with Gasteiger partial charge in [0.2, 0.25) is 15.9 Å². The van der Waals surface area contributed by atoms with Gasteiger partial charge in [-0.05, 0) is 74.8 Å². The average molecular weight is 612 g/mol. The fourth-order valence-corrected chi connectivity index (χ4v) is 7.54. The average Bonchev–Trinajstić information content (AvgIpc) is 3.33. The number of hydrogen-bond acceptors (Lipinski definition) is 7. The third-order valence-corrected chi connectivity index (χ3v) is 10.0. The Kier molecular flexibility index (Phi) is 9.73. The highest BCUT2D eigenvalue weighted by atomic mass is 32.2. The fourth-order valence-electron chi connectivity index (χ4n) is 6.21. The molecule has 2 aromatic carbocycles. The van der Waals surface area contributed by atoms with Crippen LogP contribution in [0.5, 0.6) is 0 Å². The van der Waals surface area contributed by atoms with Gasteiger partial charge in [0, 0.05) is 55.7 Å². The number of nitrogens with one attached hydrogen (secondary N) is 1. The second-order valence-corrected chi connectivity index (χ2v) is 13.1. The van der Waals surface area contributed by atoms with Crippen LogP contribution in [0.25, 0.3) is 22.2 Å². The van der Waals surface area contributed by atoms with Crippen molar-refractivity contribution in [2.45, 2.75) is 75.6 Å². The molecule has 5 rings (SSSR count). The number of carbonyl (C=O) groups excluding carboxylic acids is 2. The molecule has 43 heavy (non-hydrogen) atoms. The molecule has 2 fully saturated rings. The Bertz CT molecular complexity index is 1540. The van der Waals surface area contributed by atoms with E-state index in [0.29, 0.717) is 45.3 Å². The first-order chi connectivity index (χ1) is 20.7. The van der Waals surface area contributed by atoms with E-state index in [1.165, 1.54) is 0 Å². The van der Waals surface area contributed by atoms with Gasteiger partial charge < -0.3 is 23.7 Å². The zero-order valence-electron chi connectivity index (χ0n) is 25.1. The number of ether oxygens (including phenoxy) is 3. The van der Waals surface area contributed by atoms with Crippen molar-refractivity contribution in [1.82, 2.24) is 14.2 Å². The number of nitrogens with zero attached hydrogens (tertiary/aromatic N) is 2. The van der Waals surface area contributed by atoms with E-state index in [0.717, 1.165) is 40.6 Å². The Balaban J connectivity index is 1.22. The van der Waals surface area contributed by atoms with Crippen LogP contribution in [0.1, 0.15) is 57.4 Å². The summed E-state index contributed by atoms with van der Waals surface area (Å²) in [6.07, 6.45) is 3.21. The molecular weight excluding hydrogens is 570 g/mol. The Labute approximate surface area is 253 Å². The molecule has 232 valence electrons. The minimum Gasteiger partial charge on any atom is -0.435 e. The second kappa shape index (κ2) is 13.5. The highest BCUT2D eigenvalue weighted by Crippen LogP contribution is 2.32. The van der Waals surface area contributed by atoms with Gasteiger partial charge in [0.05, 0.1) is 18.1 Å². The predicted octanol–water partition coefficient (Wildman–Crippen LogP) is 5.34. The van der Waals surface area contributed by atoms with Crippen LogP contribution in [0.2, 0.25) is 0 Å². The van der Waals surface area contributed by atoms with Crippen molar-refractivity contribution < 1.29 is 32.2 Å². The summed E-state index contributed by atoms with van der Waals surface area (Å²) in [5.41, 5.74) is 3.94. The predicted molar refractivity (Wildman–Crippen MR) is 163 cm³/mol. The molecule has 11 heteroatoms. The van der Waals surface area contributed by atoms with E-state index in [9.17, 15) is 18.0 Å². The molecule has 1 unspecified atom stereocenters. The van der Waals surface area contributed by atoms with Crippen LogP contribution >= 0.6 is 0 Å². The number of methoxy groups -OCH3 is 1. The second-order valence-electron chi connectivity index (χ2n) is 11.4. The summed E-state index contributed by atoms with van der Waals surface area (Å²) in [4.78, 5) is 27.1. The van der Waals surface area contributed by atoms with E-state index in [4.69, 9.17) is 14.2 Å². The van der Waals surface area contributed by atoms with E-state index >= 15 is 0 Å². The number of sulfonamides is 1. The van der Waals surface area contributed by atoms with Crippen LogP contribution in [-0.2, 0) is 42.7 Å². The van der Waals surface area contributed by atoms with E-state index < -0.39 is 22.4 Å². The monoisotopic (exact) mass is 611 g/mol. The van der Waals surface area contributed by atoms with Gasteiger partial charge in [-0.3, -0.25) is 4.79 Å². The molecule has 1 N–H and O–H groups in total. The number of rotatable bonds is 9. The number of aromatic nitrogens is 1. The summed E-state index contributed by atoms with van der Waals surface area (Å²) in [6.45, 7) is 3.01. The molecule has 2 heterocycles. The highest BCUT2D eigenvalue weighted by Gasteiger charge is 2.36. The van der Waals surface area contributed by atoms with E-state index in [2.05, 4.69) is 10.8 Å².